The minimum atomic E-state index is -0.501. The highest BCUT2D eigenvalue weighted by Crippen LogP contribution is 2.25. The Morgan fingerprint density at radius 1 is 1.11 bits per heavy atom. The van der Waals surface area contributed by atoms with Crippen LogP contribution < -0.4 is 15.4 Å². The topological polar surface area (TPSA) is 87.7 Å². The molecule has 0 atom stereocenters. The summed E-state index contributed by atoms with van der Waals surface area (Å²) in [6.07, 6.45) is 0. The molecule has 3 rings (SSSR count). The Labute approximate surface area is 165 Å². The van der Waals surface area contributed by atoms with E-state index in [4.69, 9.17) is 28.6 Å². The Morgan fingerprint density at radius 2 is 1.81 bits per heavy atom. The maximum atomic E-state index is 12.4. The number of carbonyl (C=O) groups excluding carboxylic acids is 3. The maximum absolute atomic E-state index is 12.4. The predicted octanol–water partition coefficient (Wildman–Crippen LogP) is 2.70. The summed E-state index contributed by atoms with van der Waals surface area (Å²) in [5, 5.41) is 5.74. The number of fused-ring (bicyclic) bond motifs is 1. The fourth-order valence-electron chi connectivity index (χ4n) is 2.63. The molecular weight excluding hydrogens is 390 g/mol. The Kier molecular flexibility index (Phi) is 5.11. The summed E-state index contributed by atoms with van der Waals surface area (Å²) in [5.41, 5.74) is 1.30. The molecule has 0 saturated heterocycles. The number of nitrogens with one attached hydrogen (secondary N) is 2. The molecule has 138 valence electrons. The number of halogens is 1. The molecule has 1 aliphatic heterocycles. The van der Waals surface area contributed by atoms with Crippen molar-refractivity contribution in [2.45, 2.75) is 0 Å². The SMILES string of the molecule is COc1ccc(Cl)cc1C(=O)NC(=S)Nc1ccc2c(c1)C(=O)N(C)C2=O. The van der Waals surface area contributed by atoms with E-state index in [1.807, 2.05) is 0 Å². The zero-order valence-electron chi connectivity index (χ0n) is 14.3. The van der Waals surface area contributed by atoms with Gasteiger partial charge in [0, 0.05) is 17.8 Å². The normalized spacial score (nSPS) is 12.6. The van der Waals surface area contributed by atoms with Crippen molar-refractivity contribution in [1.82, 2.24) is 10.2 Å². The van der Waals surface area contributed by atoms with Crippen LogP contribution in [0.4, 0.5) is 5.69 Å². The van der Waals surface area contributed by atoms with Gasteiger partial charge in [0.05, 0.1) is 23.8 Å². The number of anilines is 1. The van der Waals surface area contributed by atoms with E-state index in [0.29, 0.717) is 22.0 Å². The molecule has 0 bridgehead atoms. The first kappa shape index (κ1) is 18.8. The molecule has 0 aromatic heterocycles. The molecule has 2 aromatic rings. The summed E-state index contributed by atoms with van der Waals surface area (Å²) in [4.78, 5) is 37.4. The lowest BCUT2D eigenvalue weighted by molar-refractivity contribution is 0.0692. The molecule has 0 saturated carbocycles. The lowest BCUT2D eigenvalue weighted by atomic mass is 10.1. The van der Waals surface area contributed by atoms with E-state index < -0.39 is 11.8 Å². The zero-order valence-corrected chi connectivity index (χ0v) is 15.9. The number of amides is 3. The molecular formula is C18H14ClN3O4S. The monoisotopic (exact) mass is 403 g/mol. The summed E-state index contributed by atoms with van der Waals surface area (Å²) in [6.45, 7) is 0. The summed E-state index contributed by atoms with van der Waals surface area (Å²) >= 11 is 11.1. The highest BCUT2D eigenvalue weighted by Gasteiger charge is 2.32. The third kappa shape index (κ3) is 3.62. The second-order valence-corrected chi connectivity index (χ2v) is 6.53. The van der Waals surface area contributed by atoms with Crippen molar-refractivity contribution < 1.29 is 19.1 Å². The van der Waals surface area contributed by atoms with Crippen LogP contribution in [-0.2, 0) is 0 Å². The first-order chi connectivity index (χ1) is 12.8. The highest BCUT2D eigenvalue weighted by molar-refractivity contribution is 7.80. The molecule has 9 heteroatoms. The van der Waals surface area contributed by atoms with Crippen molar-refractivity contribution in [2.75, 3.05) is 19.5 Å². The van der Waals surface area contributed by atoms with E-state index in [-0.39, 0.29) is 22.1 Å². The molecule has 0 fully saturated rings. The van der Waals surface area contributed by atoms with Crippen LogP contribution in [0.1, 0.15) is 31.1 Å². The van der Waals surface area contributed by atoms with Crippen LogP contribution in [0.3, 0.4) is 0 Å². The van der Waals surface area contributed by atoms with Gasteiger partial charge in [-0.15, -0.1) is 0 Å². The molecule has 27 heavy (non-hydrogen) atoms. The number of ether oxygens (including phenoxy) is 1. The standard InChI is InChI=1S/C18H14ClN3O4S/c1-22-16(24)11-5-4-10(8-12(11)17(22)25)20-18(27)21-15(23)13-7-9(19)3-6-14(13)26-2/h3-8H,1-2H3,(H2,20,21,23,27). The Balaban J connectivity index is 1.74. The van der Waals surface area contributed by atoms with Crippen molar-refractivity contribution in [1.29, 1.82) is 0 Å². The summed E-state index contributed by atoms with van der Waals surface area (Å²) in [5.74, 6) is -0.897. The van der Waals surface area contributed by atoms with Gasteiger partial charge >= 0.3 is 0 Å². The number of thiocarbonyl (C=S) groups is 1. The first-order valence-electron chi connectivity index (χ1n) is 7.74. The van der Waals surface area contributed by atoms with E-state index in [0.717, 1.165) is 4.90 Å². The smallest absolute Gasteiger partial charge is 0.261 e. The minimum absolute atomic E-state index is 0.0205. The molecule has 0 spiro atoms. The highest BCUT2D eigenvalue weighted by atomic mass is 35.5. The largest absolute Gasteiger partial charge is 0.496 e. The number of methoxy groups -OCH3 is 1. The van der Waals surface area contributed by atoms with E-state index in [9.17, 15) is 14.4 Å². The van der Waals surface area contributed by atoms with Crippen molar-refractivity contribution >= 4 is 52.3 Å². The fraction of sp³-hybridized carbons (Fsp3) is 0.111. The zero-order chi connectivity index (χ0) is 19.7. The molecule has 3 amide bonds. The van der Waals surface area contributed by atoms with Crippen molar-refractivity contribution in [3.8, 4) is 5.75 Å². The van der Waals surface area contributed by atoms with Crippen molar-refractivity contribution in [2.24, 2.45) is 0 Å². The average Bonchev–Trinajstić information content (AvgIpc) is 2.85. The van der Waals surface area contributed by atoms with Gasteiger partial charge < -0.3 is 10.1 Å². The molecule has 0 unspecified atom stereocenters. The van der Waals surface area contributed by atoms with Gasteiger partial charge in [-0.05, 0) is 48.6 Å². The minimum Gasteiger partial charge on any atom is -0.496 e. The van der Waals surface area contributed by atoms with E-state index in [1.165, 1.54) is 32.4 Å². The number of imide groups is 1. The van der Waals surface area contributed by atoms with Gasteiger partial charge in [0.15, 0.2) is 5.11 Å². The van der Waals surface area contributed by atoms with Gasteiger partial charge in [-0.2, -0.15) is 0 Å². The lowest BCUT2D eigenvalue weighted by Crippen LogP contribution is -2.34. The Morgan fingerprint density at radius 3 is 2.52 bits per heavy atom. The van der Waals surface area contributed by atoms with Crippen LogP contribution in [0.25, 0.3) is 0 Å². The third-order valence-corrected chi connectivity index (χ3v) is 4.42. The number of benzene rings is 2. The number of hydrogen-bond acceptors (Lipinski definition) is 5. The van der Waals surface area contributed by atoms with Gasteiger partial charge in [-0.1, -0.05) is 11.6 Å². The van der Waals surface area contributed by atoms with Crippen LogP contribution in [0.15, 0.2) is 36.4 Å². The van der Waals surface area contributed by atoms with Gasteiger partial charge in [0.2, 0.25) is 0 Å². The van der Waals surface area contributed by atoms with Crippen LogP contribution >= 0.6 is 23.8 Å². The van der Waals surface area contributed by atoms with Gasteiger partial charge in [0.1, 0.15) is 5.75 Å². The second kappa shape index (κ2) is 7.34. The predicted molar refractivity (Wildman–Crippen MR) is 105 cm³/mol. The number of carbonyl (C=O) groups is 3. The quantitative estimate of drug-likeness (QED) is 0.605. The van der Waals surface area contributed by atoms with Crippen molar-refractivity contribution in [3.63, 3.8) is 0 Å². The average molecular weight is 404 g/mol. The molecule has 0 radical (unpaired) electrons. The van der Waals surface area contributed by atoms with Crippen LogP contribution in [-0.4, -0.2) is 41.9 Å². The molecule has 1 heterocycles. The number of nitrogens with zero attached hydrogens (tertiary/aromatic N) is 1. The summed E-state index contributed by atoms with van der Waals surface area (Å²) in [7, 11) is 2.86. The molecule has 2 N–H and O–H groups in total. The summed E-state index contributed by atoms with van der Waals surface area (Å²) in [6, 6.07) is 9.29. The molecule has 7 nitrogen and oxygen atoms in total. The summed E-state index contributed by atoms with van der Waals surface area (Å²) < 4.78 is 5.15. The van der Waals surface area contributed by atoms with Crippen LogP contribution in [0, 0.1) is 0 Å². The fourth-order valence-corrected chi connectivity index (χ4v) is 3.01. The maximum Gasteiger partial charge on any atom is 0.261 e. The first-order valence-corrected chi connectivity index (χ1v) is 8.52. The van der Waals surface area contributed by atoms with Gasteiger partial charge in [-0.25, -0.2) is 0 Å². The van der Waals surface area contributed by atoms with Gasteiger partial charge in [0.25, 0.3) is 17.7 Å². The van der Waals surface area contributed by atoms with Crippen LogP contribution in [0.5, 0.6) is 5.75 Å². The lowest BCUT2D eigenvalue weighted by Gasteiger charge is -2.12. The van der Waals surface area contributed by atoms with E-state index >= 15 is 0 Å². The van der Waals surface area contributed by atoms with E-state index in [1.54, 1.807) is 18.2 Å². The van der Waals surface area contributed by atoms with E-state index in [2.05, 4.69) is 10.6 Å². The number of rotatable bonds is 3. The Hall–Kier alpha value is -2.97. The molecule has 0 aliphatic carbocycles. The van der Waals surface area contributed by atoms with Gasteiger partial charge in [-0.3, -0.25) is 24.6 Å². The number of hydrogen-bond donors (Lipinski definition) is 2. The Bertz CT molecular complexity index is 993. The molecule has 1 aliphatic rings. The van der Waals surface area contributed by atoms with Crippen LogP contribution in [0.2, 0.25) is 5.02 Å². The van der Waals surface area contributed by atoms with Crippen molar-refractivity contribution in [3.05, 3.63) is 58.1 Å². The second-order valence-electron chi connectivity index (χ2n) is 5.68. The molecule has 2 aromatic carbocycles. The third-order valence-electron chi connectivity index (χ3n) is 3.98.